The second kappa shape index (κ2) is 7.94. The summed E-state index contributed by atoms with van der Waals surface area (Å²) in [5.41, 5.74) is 1.22. The van der Waals surface area contributed by atoms with Crippen molar-refractivity contribution in [1.29, 1.82) is 0 Å². The number of nitrogens with one attached hydrogen (secondary N) is 2. The number of para-hydroxylation sites is 2. The van der Waals surface area contributed by atoms with Gasteiger partial charge in [0, 0.05) is 5.69 Å². The topological polar surface area (TPSA) is 42.5 Å². The van der Waals surface area contributed by atoms with E-state index in [0.29, 0.717) is 22.2 Å². The molecule has 8 heteroatoms. The van der Waals surface area contributed by atoms with Gasteiger partial charge in [-0.1, -0.05) is 23.7 Å². The zero-order valence-corrected chi connectivity index (χ0v) is 13.5. The van der Waals surface area contributed by atoms with Crippen molar-refractivity contribution in [2.24, 2.45) is 0 Å². The van der Waals surface area contributed by atoms with E-state index in [4.69, 9.17) is 28.6 Å². The van der Waals surface area contributed by atoms with Crippen LogP contribution >= 0.6 is 23.8 Å². The second-order valence-electron chi connectivity index (χ2n) is 4.30. The maximum atomic E-state index is 12.2. The van der Waals surface area contributed by atoms with Crippen LogP contribution in [0.2, 0.25) is 5.02 Å². The highest BCUT2D eigenvalue weighted by atomic mass is 35.5. The molecule has 2 rings (SSSR count). The first-order valence-corrected chi connectivity index (χ1v) is 7.23. The normalized spacial score (nSPS) is 10.3. The van der Waals surface area contributed by atoms with E-state index < -0.39 is 6.61 Å². The van der Waals surface area contributed by atoms with E-state index in [1.165, 1.54) is 18.2 Å². The molecule has 0 amide bonds. The molecule has 2 aromatic carbocycles. The summed E-state index contributed by atoms with van der Waals surface area (Å²) in [6.45, 7) is -2.93. The molecule has 0 unspecified atom stereocenters. The molecule has 23 heavy (non-hydrogen) atoms. The van der Waals surface area contributed by atoms with Crippen LogP contribution in [0, 0.1) is 0 Å². The Bertz CT molecular complexity index is 701. The highest BCUT2D eigenvalue weighted by Gasteiger charge is 2.10. The van der Waals surface area contributed by atoms with Crippen LogP contribution in [0.15, 0.2) is 42.5 Å². The fraction of sp³-hybridized carbons (Fsp3) is 0.133. The van der Waals surface area contributed by atoms with Crippen molar-refractivity contribution in [2.45, 2.75) is 6.61 Å². The van der Waals surface area contributed by atoms with Crippen LogP contribution in [0.25, 0.3) is 0 Å². The minimum atomic E-state index is -2.93. The molecule has 0 fully saturated rings. The summed E-state index contributed by atoms with van der Waals surface area (Å²) in [6.07, 6.45) is 0. The molecule has 4 nitrogen and oxygen atoms in total. The smallest absolute Gasteiger partial charge is 0.387 e. The van der Waals surface area contributed by atoms with Gasteiger partial charge < -0.3 is 20.1 Å². The lowest BCUT2D eigenvalue weighted by Gasteiger charge is -2.14. The van der Waals surface area contributed by atoms with Gasteiger partial charge in [0.05, 0.1) is 17.8 Å². The number of benzene rings is 2. The molecule has 0 radical (unpaired) electrons. The van der Waals surface area contributed by atoms with Crippen molar-refractivity contribution in [1.82, 2.24) is 0 Å². The predicted molar refractivity (Wildman–Crippen MR) is 90.9 cm³/mol. The lowest BCUT2D eigenvalue weighted by molar-refractivity contribution is -0.0497. The number of anilines is 2. The van der Waals surface area contributed by atoms with Crippen LogP contribution in [0.5, 0.6) is 11.5 Å². The first kappa shape index (κ1) is 17.2. The molecular weight excluding hydrogens is 346 g/mol. The molecule has 2 N–H and O–H groups in total. The Morgan fingerprint density at radius 3 is 2.52 bits per heavy atom. The number of ether oxygens (including phenoxy) is 2. The number of thiocarbonyl (C=S) groups is 1. The summed E-state index contributed by atoms with van der Waals surface area (Å²) in [7, 11) is 1.55. The molecule has 0 bridgehead atoms. The maximum absolute atomic E-state index is 12.2. The zero-order chi connectivity index (χ0) is 16.8. The molecule has 0 aliphatic heterocycles. The largest absolute Gasteiger partial charge is 0.495 e. The van der Waals surface area contributed by atoms with Crippen molar-refractivity contribution in [3.05, 3.63) is 47.5 Å². The van der Waals surface area contributed by atoms with E-state index in [2.05, 4.69) is 15.4 Å². The van der Waals surface area contributed by atoms with Crippen molar-refractivity contribution in [2.75, 3.05) is 17.7 Å². The summed E-state index contributed by atoms with van der Waals surface area (Å²) in [6, 6.07) is 11.6. The number of hydrogen-bond acceptors (Lipinski definition) is 3. The van der Waals surface area contributed by atoms with Crippen LogP contribution in [-0.2, 0) is 0 Å². The van der Waals surface area contributed by atoms with Gasteiger partial charge in [0.1, 0.15) is 11.5 Å². The fourth-order valence-electron chi connectivity index (χ4n) is 1.80. The van der Waals surface area contributed by atoms with Gasteiger partial charge in [-0.3, -0.25) is 0 Å². The second-order valence-corrected chi connectivity index (χ2v) is 5.12. The Kier molecular flexibility index (Phi) is 5.95. The van der Waals surface area contributed by atoms with Crippen LogP contribution in [0.3, 0.4) is 0 Å². The number of alkyl halides is 2. The lowest BCUT2D eigenvalue weighted by atomic mass is 10.3. The highest BCUT2D eigenvalue weighted by molar-refractivity contribution is 7.80. The molecule has 0 spiro atoms. The number of methoxy groups -OCH3 is 1. The third-order valence-electron chi connectivity index (χ3n) is 2.76. The predicted octanol–water partition coefficient (Wildman–Crippen LogP) is 4.76. The van der Waals surface area contributed by atoms with Crippen LogP contribution < -0.4 is 20.1 Å². The summed E-state index contributed by atoms with van der Waals surface area (Å²) in [5, 5.41) is 6.23. The maximum Gasteiger partial charge on any atom is 0.387 e. The van der Waals surface area contributed by atoms with Gasteiger partial charge in [-0.2, -0.15) is 8.78 Å². The molecule has 0 saturated carbocycles. The quantitative estimate of drug-likeness (QED) is 0.754. The lowest BCUT2D eigenvalue weighted by Crippen LogP contribution is -2.19. The van der Waals surface area contributed by atoms with E-state index in [-0.39, 0.29) is 10.8 Å². The van der Waals surface area contributed by atoms with Crippen LogP contribution in [0.1, 0.15) is 0 Å². The van der Waals surface area contributed by atoms with Crippen molar-refractivity contribution in [3.63, 3.8) is 0 Å². The summed E-state index contributed by atoms with van der Waals surface area (Å²) < 4.78 is 33.9. The SMILES string of the molecule is COc1ccccc1NC(=S)Nc1ccc(OC(F)F)c(Cl)c1. The molecule has 0 heterocycles. The van der Waals surface area contributed by atoms with E-state index >= 15 is 0 Å². The summed E-state index contributed by atoms with van der Waals surface area (Å²) >= 11 is 11.1. The van der Waals surface area contributed by atoms with Crippen molar-refractivity contribution in [3.8, 4) is 11.5 Å². The van der Waals surface area contributed by atoms with Gasteiger partial charge >= 0.3 is 6.61 Å². The van der Waals surface area contributed by atoms with E-state index in [1.54, 1.807) is 19.2 Å². The molecular formula is C15H13ClF2N2O2S. The van der Waals surface area contributed by atoms with Gasteiger partial charge in [0.25, 0.3) is 0 Å². The molecule has 2 aromatic rings. The van der Waals surface area contributed by atoms with Gasteiger partial charge in [0.15, 0.2) is 5.11 Å². The number of rotatable bonds is 5. The van der Waals surface area contributed by atoms with Gasteiger partial charge in [-0.15, -0.1) is 0 Å². The summed E-state index contributed by atoms with van der Waals surface area (Å²) in [4.78, 5) is 0. The molecule has 122 valence electrons. The average molecular weight is 359 g/mol. The minimum Gasteiger partial charge on any atom is -0.495 e. The first-order chi connectivity index (χ1) is 11.0. The third kappa shape index (κ3) is 4.94. The van der Waals surface area contributed by atoms with Crippen LogP contribution in [-0.4, -0.2) is 18.8 Å². The minimum absolute atomic E-state index is 0.0513. The zero-order valence-electron chi connectivity index (χ0n) is 12.0. The Morgan fingerprint density at radius 1 is 1.13 bits per heavy atom. The highest BCUT2D eigenvalue weighted by Crippen LogP contribution is 2.29. The average Bonchev–Trinajstić information content (AvgIpc) is 2.50. The Balaban J connectivity index is 2.04. The number of hydrogen-bond donors (Lipinski definition) is 2. The van der Waals surface area contributed by atoms with Crippen molar-refractivity contribution < 1.29 is 18.3 Å². The monoisotopic (exact) mass is 358 g/mol. The molecule has 0 saturated heterocycles. The van der Waals surface area contributed by atoms with Gasteiger partial charge in [0.2, 0.25) is 0 Å². The van der Waals surface area contributed by atoms with Gasteiger partial charge in [-0.25, -0.2) is 0 Å². The fourth-order valence-corrected chi connectivity index (χ4v) is 2.26. The summed E-state index contributed by atoms with van der Waals surface area (Å²) in [5.74, 6) is 0.534. The number of halogens is 3. The van der Waals surface area contributed by atoms with Crippen molar-refractivity contribution >= 4 is 40.3 Å². The standard InChI is InChI=1S/C15H13ClF2N2O2S/c1-21-13-5-3-2-4-11(13)20-15(23)19-9-6-7-12(10(16)8-9)22-14(17)18/h2-8,14H,1H3,(H2,19,20,23). The van der Waals surface area contributed by atoms with E-state index in [0.717, 1.165) is 0 Å². The first-order valence-electron chi connectivity index (χ1n) is 6.45. The Labute approximate surface area is 142 Å². The molecule has 0 aliphatic rings. The molecule has 0 aromatic heterocycles. The van der Waals surface area contributed by atoms with E-state index in [1.807, 2.05) is 12.1 Å². The molecule has 0 aliphatic carbocycles. The van der Waals surface area contributed by atoms with E-state index in [9.17, 15) is 8.78 Å². The Morgan fingerprint density at radius 2 is 1.87 bits per heavy atom. The molecule has 0 atom stereocenters. The van der Waals surface area contributed by atoms with Crippen LogP contribution in [0.4, 0.5) is 20.2 Å². The van der Waals surface area contributed by atoms with Gasteiger partial charge in [-0.05, 0) is 42.5 Å². The Hall–Kier alpha value is -2.12. The third-order valence-corrected chi connectivity index (χ3v) is 3.26.